The van der Waals surface area contributed by atoms with Crippen molar-refractivity contribution >= 4 is 11.5 Å². The van der Waals surface area contributed by atoms with Gasteiger partial charge >= 0.3 is 5.56 Å². The highest BCUT2D eigenvalue weighted by atomic mass is 16.3. The average Bonchev–Trinajstić information content (AvgIpc) is 3.31. The van der Waals surface area contributed by atoms with Gasteiger partial charge in [-0.2, -0.15) is 10.4 Å². The number of rotatable bonds is 5. The Balaban J connectivity index is 1.89. The SMILES string of the molecule is CC(C)c1[nH]nc(N=Nc2c(O)n(-c3ccccc3)n(-c3ccccc3)c2=O)c1C#N. The van der Waals surface area contributed by atoms with Crippen LogP contribution in [0.15, 0.2) is 75.7 Å². The van der Waals surface area contributed by atoms with Crippen molar-refractivity contribution < 1.29 is 5.11 Å². The van der Waals surface area contributed by atoms with E-state index < -0.39 is 5.56 Å². The number of azo groups is 1. The number of aromatic hydroxyl groups is 1. The Morgan fingerprint density at radius 1 is 1.00 bits per heavy atom. The lowest BCUT2D eigenvalue weighted by Crippen LogP contribution is -2.20. The van der Waals surface area contributed by atoms with Crippen molar-refractivity contribution in [1.82, 2.24) is 19.6 Å². The van der Waals surface area contributed by atoms with Gasteiger partial charge in [-0.05, 0) is 30.2 Å². The maximum atomic E-state index is 13.2. The molecular weight excluding hydrogens is 394 g/mol. The summed E-state index contributed by atoms with van der Waals surface area (Å²) in [7, 11) is 0. The quantitative estimate of drug-likeness (QED) is 0.468. The Hall–Kier alpha value is -4.45. The first-order chi connectivity index (χ1) is 15.0. The first-order valence-electron chi connectivity index (χ1n) is 9.60. The van der Waals surface area contributed by atoms with Crippen molar-refractivity contribution in [3.63, 3.8) is 0 Å². The van der Waals surface area contributed by atoms with Crippen LogP contribution in [0.25, 0.3) is 11.4 Å². The summed E-state index contributed by atoms with van der Waals surface area (Å²) >= 11 is 0. The van der Waals surface area contributed by atoms with Crippen LogP contribution < -0.4 is 5.56 Å². The summed E-state index contributed by atoms with van der Waals surface area (Å²) in [6.45, 7) is 3.83. The largest absolute Gasteiger partial charge is 0.492 e. The van der Waals surface area contributed by atoms with Crippen molar-refractivity contribution in [2.24, 2.45) is 10.2 Å². The van der Waals surface area contributed by atoms with E-state index in [-0.39, 0.29) is 28.9 Å². The minimum Gasteiger partial charge on any atom is -0.492 e. The molecule has 0 fully saturated rings. The van der Waals surface area contributed by atoms with E-state index in [4.69, 9.17) is 0 Å². The van der Waals surface area contributed by atoms with Crippen LogP contribution in [0.2, 0.25) is 0 Å². The highest BCUT2D eigenvalue weighted by molar-refractivity contribution is 5.55. The monoisotopic (exact) mass is 413 g/mol. The molecule has 154 valence electrons. The second kappa shape index (κ2) is 8.12. The highest BCUT2D eigenvalue weighted by Gasteiger charge is 2.23. The maximum Gasteiger partial charge on any atom is 0.303 e. The smallest absolute Gasteiger partial charge is 0.303 e. The molecule has 0 spiro atoms. The lowest BCUT2D eigenvalue weighted by Gasteiger charge is -2.12. The number of aromatic amines is 1. The third-order valence-corrected chi connectivity index (χ3v) is 4.72. The van der Waals surface area contributed by atoms with Crippen molar-refractivity contribution in [2.75, 3.05) is 0 Å². The zero-order chi connectivity index (χ0) is 22.0. The molecule has 0 aliphatic carbocycles. The van der Waals surface area contributed by atoms with Crippen LogP contribution in [0, 0.1) is 11.3 Å². The van der Waals surface area contributed by atoms with Crippen molar-refractivity contribution in [2.45, 2.75) is 19.8 Å². The maximum absolute atomic E-state index is 13.2. The standard InChI is InChI=1S/C22H19N7O2/c1-14(2)18-17(13-23)20(26-24-18)27-25-19-21(30)28(15-9-5-3-6-10-15)29(22(19)31)16-11-7-4-8-12-16/h3-12,14,30H,1-2H3,(H,24,26). The number of aromatic nitrogens is 4. The molecule has 2 heterocycles. The molecular formula is C22H19N7O2. The lowest BCUT2D eigenvalue weighted by molar-refractivity contribution is 0.426. The number of nitrogens with zero attached hydrogens (tertiary/aromatic N) is 6. The second-order valence-electron chi connectivity index (χ2n) is 7.07. The van der Waals surface area contributed by atoms with Gasteiger partial charge in [0.2, 0.25) is 17.4 Å². The first-order valence-corrected chi connectivity index (χ1v) is 9.60. The fraction of sp³-hybridized carbons (Fsp3) is 0.136. The zero-order valence-corrected chi connectivity index (χ0v) is 16.9. The van der Waals surface area contributed by atoms with Crippen LogP contribution in [-0.4, -0.2) is 24.7 Å². The summed E-state index contributed by atoms with van der Waals surface area (Å²) in [6, 6.07) is 19.9. The molecule has 0 unspecified atom stereocenters. The van der Waals surface area contributed by atoms with E-state index in [1.165, 1.54) is 9.36 Å². The Bertz CT molecular complexity index is 1340. The van der Waals surface area contributed by atoms with Gasteiger partial charge in [0.1, 0.15) is 11.6 Å². The molecule has 0 radical (unpaired) electrons. The summed E-state index contributed by atoms with van der Waals surface area (Å²) in [5.41, 5.74) is 1.18. The fourth-order valence-corrected chi connectivity index (χ4v) is 3.22. The molecule has 0 atom stereocenters. The van der Waals surface area contributed by atoms with Gasteiger partial charge in [0.05, 0.1) is 17.1 Å². The Kier molecular flexibility index (Phi) is 5.20. The molecule has 31 heavy (non-hydrogen) atoms. The van der Waals surface area contributed by atoms with Gasteiger partial charge in [0, 0.05) is 0 Å². The number of nitriles is 1. The van der Waals surface area contributed by atoms with Crippen LogP contribution in [0.4, 0.5) is 11.5 Å². The van der Waals surface area contributed by atoms with Gasteiger partial charge in [-0.15, -0.1) is 10.2 Å². The third kappa shape index (κ3) is 3.51. The Labute approximate surface area is 177 Å². The zero-order valence-electron chi connectivity index (χ0n) is 16.9. The minimum absolute atomic E-state index is 0.0361. The van der Waals surface area contributed by atoms with Crippen LogP contribution in [-0.2, 0) is 0 Å². The van der Waals surface area contributed by atoms with E-state index in [1.54, 1.807) is 48.5 Å². The summed E-state index contributed by atoms with van der Waals surface area (Å²) in [5, 5.41) is 35.1. The molecule has 4 rings (SSSR count). The van der Waals surface area contributed by atoms with Gasteiger partial charge in [0.25, 0.3) is 0 Å². The van der Waals surface area contributed by atoms with Gasteiger partial charge < -0.3 is 5.11 Å². The Morgan fingerprint density at radius 2 is 1.58 bits per heavy atom. The van der Waals surface area contributed by atoms with Crippen LogP contribution in [0.5, 0.6) is 5.88 Å². The van der Waals surface area contributed by atoms with Gasteiger partial charge in [-0.25, -0.2) is 9.36 Å². The molecule has 0 amide bonds. The molecule has 9 heteroatoms. The van der Waals surface area contributed by atoms with Crippen molar-refractivity contribution in [3.8, 4) is 23.3 Å². The minimum atomic E-state index is -0.561. The summed E-state index contributed by atoms with van der Waals surface area (Å²) in [5.74, 6) is -0.278. The molecule has 0 aliphatic heterocycles. The molecule has 2 N–H and O–H groups in total. The summed E-state index contributed by atoms with van der Waals surface area (Å²) in [6.07, 6.45) is 0. The Morgan fingerprint density at radius 3 is 2.13 bits per heavy atom. The van der Waals surface area contributed by atoms with Crippen molar-refractivity contribution in [3.05, 3.63) is 82.3 Å². The van der Waals surface area contributed by atoms with E-state index >= 15 is 0 Å². The number of H-pyrrole nitrogens is 1. The van der Waals surface area contributed by atoms with Crippen LogP contribution in [0.1, 0.15) is 31.0 Å². The number of para-hydroxylation sites is 2. The predicted octanol–water partition coefficient (Wildman–Crippen LogP) is 4.47. The van der Waals surface area contributed by atoms with E-state index in [0.717, 1.165) is 0 Å². The third-order valence-electron chi connectivity index (χ3n) is 4.72. The lowest BCUT2D eigenvalue weighted by atomic mass is 10.1. The van der Waals surface area contributed by atoms with Gasteiger partial charge in [-0.1, -0.05) is 50.2 Å². The number of benzene rings is 2. The number of hydrogen-bond acceptors (Lipinski definition) is 6. The van der Waals surface area contributed by atoms with Crippen LogP contribution >= 0.6 is 0 Å². The van der Waals surface area contributed by atoms with E-state index in [2.05, 4.69) is 26.5 Å². The van der Waals surface area contributed by atoms with Gasteiger partial charge in [-0.3, -0.25) is 9.89 Å². The topological polar surface area (TPSA) is 124 Å². The molecule has 0 saturated carbocycles. The molecule has 0 aliphatic rings. The summed E-state index contributed by atoms with van der Waals surface area (Å²) < 4.78 is 2.68. The predicted molar refractivity (Wildman–Crippen MR) is 115 cm³/mol. The molecule has 9 nitrogen and oxygen atoms in total. The molecule has 4 aromatic rings. The summed E-state index contributed by atoms with van der Waals surface area (Å²) in [4.78, 5) is 13.2. The molecule has 2 aromatic heterocycles. The van der Waals surface area contributed by atoms with E-state index in [1.807, 2.05) is 26.0 Å². The number of nitrogens with one attached hydrogen (secondary N) is 1. The normalized spacial score (nSPS) is 11.3. The molecule has 2 aromatic carbocycles. The first kappa shape index (κ1) is 19.8. The molecule has 0 saturated heterocycles. The average molecular weight is 413 g/mol. The van der Waals surface area contributed by atoms with Crippen molar-refractivity contribution in [1.29, 1.82) is 5.26 Å². The van der Waals surface area contributed by atoms with Crippen LogP contribution in [0.3, 0.4) is 0 Å². The molecule has 0 bridgehead atoms. The number of hydrogen-bond donors (Lipinski definition) is 2. The van der Waals surface area contributed by atoms with E-state index in [9.17, 15) is 15.2 Å². The van der Waals surface area contributed by atoms with Gasteiger partial charge in [0.15, 0.2) is 0 Å². The van der Waals surface area contributed by atoms with E-state index in [0.29, 0.717) is 17.1 Å². The second-order valence-corrected chi connectivity index (χ2v) is 7.07. The highest BCUT2D eigenvalue weighted by Crippen LogP contribution is 2.31. The fourth-order valence-electron chi connectivity index (χ4n) is 3.22.